The van der Waals surface area contributed by atoms with Crippen LogP contribution in [0.1, 0.15) is 11.1 Å². The van der Waals surface area contributed by atoms with Gasteiger partial charge in [-0.1, -0.05) is 12.7 Å². The van der Waals surface area contributed by atoms with Gasteiger partial charge in [0, 0.05) is 3.57 Å². The van der Waals surface area contributed by atoms with Crippen molar-refractivity contribution in [2.75, 3.05) is 0 Å². The van der Waals surface area contributed by atoms with Gasteiger partial charge in [-0.3, -0.25) is 0 Å². The van der Waals surface area contributed by atoms with Gasteiger partial charge in [0.1, 0.15) is 0 Å². The van der Waals surface area contributed by atoms with Crippen LogP contribution in [0.15, 0.2) is 24.8 Å². The standard InChI is InChI=1S/C9H6F3I/c1-2-6-5-7(9(10,11)12)3-4-8(6)13/h2-5H,1H2. The van der Waals surface area contributed by atoms with Crippen molar-refractivity contribution in [1.82, 2.24) is 0 Å². The maximum atomic E-state index is 12.2. The summed E-state index contributed by atoms with van der Waals surface area (Å²) in [5.74, 6) is 0. The van der Waals surface area contributed by atoms with Crippen molar-refractivity contribution >= 4 is 28.7 Å². The number of rotatable bonds is 1. The first-order valence-electron chi connectivity index (χ1n) is 3.44. The van der Waals surface area contributed by atoms with Crippen LogP contribution in [0.2, 0.25) is 0 Å². The minimum atomic E-state index is -4.28. The summed E-state index contributed by atoms with van der Waals surface area (Å²) in [6, 6.07) is 3.59. The van der Waals surface area contributed by atoms with E-state index in [1.54, 1.807) is 0 Å². The molecule has 0 heterocycles. The first kappa shape index (κ1) is 10.6. The zero-order valence-corrected chi connectivity index (χ0v) is 8.69. The van der Waals surface area contributed by atoms with E-state index in [1.165, 1.54) is 12.1 Å². The molecule has 1 aromatic rings. The average Bonchev–Trinajstić information content (AvgIpc) is 2.03. The SMILES string of the molecule is C=Cc1cc(C(F)(F)F)ccc1I. The fourth-order valence-electron chi connectivity index (χ4n) is 0.877. The predicted octanol–water partition coefficient (Wildman–Crippen LogP) is 3.95. The van der Waals surface area contributed by atoms with E-state index in [1.807, 2.05) is 22.6 Å². The van der Waals surface area contributed by atoms with E-state index >= 15 is 0 Å². The third kappa shape index (κ3) is 2.46. The van der Waals surface area contributed by atoms with Crippen LogP contribution in [0.25, 0.3) is 6.08 Å². The van der Waals surface area contributed by atoms with Gasteiger partial charge < -0.3 is 0 Å². The second kappa shape index (κ2) is 3.69. The summed E-state index contributed by atoms with van der Waals surface area (Å²) in [5.41, 5.74) is -0.127. The van der Waals surface area contributed by atoms with Gasteiger partial charge in [-0.25, -0.2) is 0 Å². The molecule has 1 aromatic carbocycles. The lowest BCUT2D eigenvalue weighted by atomic mass is 10.1. The van der Waals surface area contributed by atoms with Crippen molar-refractivity contribution in [3.8, 4) is 0 Å². The quantitative estimate of drug-likeness (QED) is 0.689. The molecule has 4 heteroatoms. The highest BCUT2D eigenvalue weighted by atomic mass is 127. The molecule has 0 saturated carbocycles. The van der Waals surface area contributed by atoms with Gasteiger partial charge in [-0.05, 0) is 46.4 Å². The van der Waals surface area contributed by atoms with Crippen molar-refractivity contribution in [3.63, 3.8) is 0 Å². The van der Waals surface area contributed by atoms with Crippen molar-refractivity contribution < 1.29 is 13.2 Å². The number of benzene rings is 1. The minimum absolute atomic E-state index is 0.510. The maximum Gasteiger partial charge on any atom is 0.416 e. The molecular formula is C9H6F3I. The third-order valence-corrected chi connectivity index (χ3v) is 2.53. The molecule has 0 spiro atoms. The number of alkyl halides is 3. The van der Waals surface area contributed by atoms with Crippen molar-refractivity contribution in [2.45, 2.75) is 6.18 Å². The van der Waals surface area contributed by atoms with E-state index in [0.717, 1.165) is 15.7 Å². The lowest BCUT2D eigenvalue weighted by Gasteiger charge is -2.07. The second-order valence-corrected chi connectivity index (χ2v) is 3.60. The molecule has 0 aliphatic carbocycles. The van der Waals surface area contributed by atoms with Crippen LogP contribution in [0.4, 0.5) is 13.2 Å². The maximum absolute atomic E-state index is 12.2. The van der Waals surface area contributed by atoms with E-state index in [2.05, 4.69) is 6.58 Å². The highest BCUT2D eigenvalue weighted by Gasteiger charge is 2.30. The van der Waals surface area contributed by atoms with Crippen LogP contribution < -0.4 is 0 Å². The Labute approximate surface area is 87.6 Å². The minimum Gasteiger partial charge on any atom is -0.166 e. The van der Waals surface area contributed by atoms with E-state index in [9.17, 15) is 13.2 Å². The lowest BCUT2D eigenvalue weighted by molar-refractivity contribution is -0.137. The summed E-state index contributed by atoms with van der Waals surface area (Å²) in [6.45, 7) is 3.44. The Hall–Kier alpha value is -0.520. The van der Waals surface area contributed by atoms with Crippen molar-refractivity contribution in [3.05, 3.63) is 39.5 Å². The van der Waals surface area contributed by atoms with Gasteiger partial charge >= 0.3 is 6.18 Å². The van der Waals surface area contributed by atoms with E-state index in [0.29, 0.717) is 5.56 Å². The molecule has 1 rings (SSSR count). The molecule has 0 N–H and O–H groups in total. The molecule has 0 unspecified atom stereocenters. The molecule has 0 fully saturated rings. The number of halogens is 4. The Kier molecular flexibility index (Phi) is 3.00. The molecule has 0 atom stereocenters. The zero-order valence-electron chi connectivity index (χ0n) is 6.53. The summed E-state index contributed by atoms with van der Waals surface area (Å²) in [4.78, 5) is 0. The van der Waals surface area contributed by atoms with Crippen LogP contribution in [0.5, 0.6) is 0 Å². The van der Waals surface area contributed by atoms with Crippen LogP contribution in [-0.2, 0) is 6.18 Å². The summed E-state index contributed by atoms with van der Waals surface area (Å²) < 4.78 is 37.4. The second-order valence-electron chi connectivity index (χ2n) is 2.44. The molecule has 0 aromatic heterocycles. The molecule has 13 heavy (non-hydrogen) atoms. The number of hydrogen-bond acceptors (Lipinski definition) is 0. The smallest absolute Gasteiger partial charge is 0.166 e. The molecule has 70 valence electrons. The molecule has 0 amide bonds. The molecule has 0 nitrogen and oxygen atoms in total. The molecule has 0 aliphatic rings. The van der Waals surface area contributed by atoms with Crippen LogP contribution in [0.3, 0.4) is 0 Å². The first-order valence-corrected chi connectivity index (χ1v) is 4.52. The van der Waals surface area contributed by atoms with Gasteiger partial charge in [0.25, 0.3) is 0 Å². The zero-order chi connectivity index (χ0) is 10.1. The summed E-state index contributed by atoms with van der Waals surface area (Å²) in [6.07, 6.45) is -2.86. The third-order valence-electron chi connectivity index (χ3n) is 1.54. The van der Waals surface area contributed by atoms with Gasteiger partial charge in [0.15, 0.2) is 0 Å². The fourth-order valence-corrected chi connectivity index (χ4v) is 1.43. The van der Waals surface area contributed by atoms with Gasteiger partial charge in [-0.15, -0.1) is 0 Å². The predicted molar refractivity (Wildman–Crippen MR) is 54.3 cm³/mol. The monoisotopic (exact) mass is 298 g/mol. The Morgan fingerprint density at radius 2 is 1.92 bits per heavy atom. The summed E-state index contributed by atoms with van der Waals surface area (Å²) in [7, 11) is 0. The van der Waals surface area contributed by atoms with Crippen LogP contribution in [0, 0.1) is 3.57 Å². The van der Waals surface area contributed by atoms with Gasteiger partial charge in [0.2, 0.25) is 0 Å². The summed E-state index contributed by atoms with van der Waals surface area (Å²) in [5, 5.41) is 0. The van der Waals surface area contributed by atoms with Gasteiger partial charge in [-0.2, -0.15) is 13.2 Å². The van der Waals surface area contributed by atoms with E-state index < -0.39 is 11.7 Å². The lowest BCUT2D eigenvalue weighted by Crippen LogP contribution is -2.05. The Morgan fingerprint density at radius 1 is 1.31 bits per heavy atom. The topological polar surface area (TPSA) is 0 Å². The van der Waals surface area contributed by atoms with Crippen LogP contribution in [-0.4, -0.2) is 0 Å². The van der Waals surface area contributed by atoms with E-state index in [4.69, 9.17) is 0 Å². The highest BCUT2D eigenvalue weighted by Crippen LogP contribution is 2.31. The summed E-state index contributed by atoms with van der Waals surface area (Å²) >= 11 is 1.97. The van der Waals surface area contributed by atoms with Crippen LogP contribution >= 0.6 is 22.6 Å². The molecule has 0 aliphatic heterocycles. The number of hydrogen-bond donors (Lipinski definition) is 0. The molecular weight excluding hydrogens is 292 g/mol. The molecule has 0 bridgehead atoms. The largest absolute Gasteiger partial charge is 0.416 e. The Morgan fingerprint density at radius 3 is 2.38 bits per heavy atom. The Balaban J connectivity index is 3.21. The first-order chi connectivity index (χ1) is 5.95. The van der Waals surface area contributed by atoms with Gasteiger partial charge in [0.05, 0.1) is 5.56 Å². The average molecular weight is 298 g/mol. The highest BCUT2D eigenvalue weighted by molar-refractivity contribution is 14.1. The van der Waals surface area contributed by atoms with E-state index in [-0.39, 0.29) is 0 Å². The normalized spacial score (nSPS) is 11.4. The Bertz CT molecular complexity index is 328. The molecule has 0 saturated heterocycles. The fraction of sp³-hybridized carbons (Fsp3) is 0.111. The molecule has 0 radical (unpaired) electrons. The van der Waals surface area contributed by atoms with Crippen molar-refractivity contribution in [1.29, 1.82) is 0 Å². The van der Waals surface area contributed by atoms with Crippen molar-refractivity contribution in [2.24, 2.45) is 0 Å².